The maximum atomic E-state index is 10.9. The summed E-state index contributed by atoms with van der Waals surface area (Å²) in [5.41, 5.74) is 0. The van der Waals surface area contributed by atoms with Crippen molar-refractivity contribution in [1.82, 2.24) is 0 Å². The van der Waals surface area contributed by atoms with Gasteiger partial charge in [-0.15, -0.1) is 0 Å². The third-order valence-corrected chi connectivity index (χ3v) is 1.33. The summed E-state index contributed by atoms with van der Waals surface area (Å²) in [4.78, 5) is 10.9. The summed E-state index contributed by atoms with van der Waals surface area (Å²) in [7, 11) is 6.31. The van der Waals surface area contributed by atoms with E-state index < -0.39 is 11.9 Å². The average molecular weight is 177 g/mol. The van der Waals surface area contributed by atoms with Crippen LogP contribution in [0.3, 0.4) is 0 Å². The van der Waals surface area contributed by atoms with Gasteiger partial charge in [0.25, 0.3) is 0 Å². The Labute approximate surface area is 68.1 Å². The molecule has 0 heterocycles. The van der Waals surface area contributed by atoms with Crippen molar-refractivity contribution in [1.29, 1.82) is 0 Å². The fourth-order valence-corrected chi connectivity index (χ4v) is 0.688. The van der Waals surface area contributed by atoms with Gasteiger partial charge in [0.15, 0.2) is 0 Å². The van der Waals surface area contributed by atoms with E-state index in [-0.39, 0.29) is 0 Å². The minimum atomic E-state index is -1.78. The molecule has 0 amide bonds. The molecule has 0 saturated heterocycles. The topological polar surface area (TPSA) is 54.0 Å². The maximum Gasteiger partial charge on any atom is 0.385 e. The summed E-state index contributed by atoms with van der Waals surface area (Å²) in [5.74, 6) is -2.59. The van der Waals surface area contributed by atoms with Gasteiger partial charge in [-0.2, -0.15) is 0 Å². The molecule has 0 unspecified atom stereocenters. The number of carbonyl (C=O) groups is 1. The third-order valence-electron chi connectivity index (χ3n) is 1.15. The van der Waals surface area contributed by atoms with Gasteiger partial charge in [0.2, 0.25) is 0 Å². The highest BCUT2D eigenvalue weighted by molar-refractivity contribution is 6.06. The molecule has 0 aromatic heterocycles. The number of hydrogen-bond donors (Lipinski definition) is 0. The first kappa shape index (κ1) is 10.6. The van der Waals surface area contributed by atoms with Crippen molar-refractivity contribution in [3.63, 3.8) is 0 Å². The second-order valence-electron chi connectivity index (χ2n) is 1.56. The molecule has 0 bridgehead atoms. The van der Waals surface area contributed by atoms with Gasteiger partial charge in [-0.25, -0.2) is 4.79 Å². The lowest BCUT2D eigenvalue weighted by atomic mass is 10.5. The molecule has 0 aromatic rings. The molecule has 0 N–H and O–H groups in total. The normalized spacial score (nSPS) is 11.3. The van der Waals surface area contributed by atoms with Crippen LogP contribution in [0.4, 0.5) is 0 Å². The Kier molecular flexibility index (Phi) is 4.27. The Hall–Kier alpha value is -0.433. The molecule has 0 rings (SSSR count). The van der Waals surface area contributed by atoms with Crippen LogP contribution in [-0.2, 0) is 23.4 Å². The van der Waals surface area contributed by atoms with Crippen LogP contribution in [0.15, 0.2) is 0 Å². The predicted molar refractivity (Wildman–Crippen MR) is 35.6 cm³/mol. The highest BCUT2D eigenvalue weighted by Gasteiger charge is 2.40. The van der Waals surface area contributed by atoms with Crippen LogP contribution in [0, 0.1) is 0 Å². The number of rotatable bonds is 4. The van der Waals surface area contributed by atoms with Crippen LogP contribution >= 0.6 is 0 Å². The summed E-state index contributed by atoms with van der Waals surface area (Å²) in [5, 5.41) is 0. The molecule has 0 aromatic carbocycles. The first-order chi connectivity index (χ1) is 5.16. The Bertz CT molecular complexity index is 125. The van der Waals surface area contributed by atoms with Gasteiger partial charge in [0, 0.05) is 21.3 Å². The number of carbonyl (C=O) groups excluding carboxylic acids is 1. The lowest BCUT2D eigenvalue weighted by molar-refractivity contribution is -0.334. The van der Waals surface area contributed by atoms with Crippen LogP contribution < -0.4 is 0 Å². The van der Waals surface area contributed by atoms with Gasteiger partial charge in [-0.1, -0.05) is 0 Å². The van der Waals surface area contributed by atoms with E-state index >= 15 is 0 Å². The smallest absolute Gasteiger partial charge is 0.385 e. The van der Waals surface area contributed by atoms with Crippen LogP contribution in [0.5, 0.6) is 0 Å². The van der Waals surface area contributed by atoms with E-state index in [9.17, 15) is 4.79 Å². The van der Waals surface area contributed by atoms with Crippen LogP contribution in [0.1, 0.15) is 0 Å². The largest absolute Gasteiger partial charge is 0.510 e. The molecule has 0 atom stereocenters. The fraction of sp³-hybridized carbons (Fsp3) is 0.800. The van der Waals surface area contributed by atoms with E-state index in [0.29, 0.717) is 0 Å². The van der Waals surface area contributed by atoms with Crippen molar-refractivity contribution in [2.24, 2.45) is 0 Å². The van der Waals surface area contributed by atoms with Crippen molar-refractivity contribution >= 4 is 16.5 Å². The van der Waals surface area contributed by atoms with Crippen LogP contribution in [0.25, 0.3) is 0 Å². The zero-order chi connectivity index (χ0) is 8.91. The van der Waals surface area contributed by atoms with Crippen LogP contribution in [0.2, 0.25) is 0 Å². The zero-order valence-electron chi connectivity index (χ0n) is 6.54. The van der Waals surface area contributed by atoms with Crippen molar-refractivity contribution in [2.45, 2.75) is 5.97 Å². The quantitative estimate of drug-likeness (QED) is 0.416. The van der Waals surface area contributed by atoms with Gasteiger partial charge in [-0.05, 0) is 0 Å². The van der Waals surface area contributed by atoms with Gasteiger partial charge in [0.1, 0.15) is 0 Å². The summed E-state index contributed by atoms with van der Waals surface area (Å²) in [6.45, 7) is 0. The Balaban J connectivity index is 4.39. The van der Waals surface area contributed by atoms with Crippen molar-refractivity contribution < 1.29 is 23.4 Å². The molecule has 5 nitrogen and oxygen atoms in total. The minimum absolute atomic E-state index is 0.818. The van der Waals surface area contributed by atoms with E-state index in [2.05, 4.69) is 29.1 Å². The maximum absolute atomic E-state index is 10.9. The Morgan fingerprint density at radius 3 is 1.64 bits per heavy atom. The van der Waals surface area contributed by atoms with Gasteiger partial charge in [0.05, 0.1) is 0 Å². The molecule has 0 spiro atoms. The predicted octanol–water partition coefficient (Wildman–Crippen LogP) is -0.794. The molecule has 0 aliphatic carbocycles. The van der Waals surface area contributed by atoms with E-state index in [1.807, 2.05) is 0 Å². The van der Waals surface area contributed by atoms with Gasteiger partial charge in [-0.3, -0.25) is 0 Å². The third kappa shape index (κ3) is 2.00. The summed E-state index contributed by atoms with van der Waals surface area (Å²) in [6.07, 6.45) is 0. The molecule has 11 heavy (non-hydrogen) atoms. The number of hydrogen-bond acceptors (Lipinski definition) is 5. The molecule has 0 fully saturated rings. The van der Waals surface area contributed by atoms with E-state index in [4.69, 9.17) is 0 Å². The molecule has 0 aliphatic rings. The van der Waals surface area contributed by atoms with E-state index in [1.165, 1.54) is 21.3 Å². The first-order valence-electron chi connectivity index (χ1n) is 2.70. The molecule has 0 aliphatic heterocycles. The van der Waals surface area contributed by atoms with Crippen LogP contribution in [-0.4, -0.2) is 43.8 Å². The Morgan fingerprint density at radius 1 is 1.18 bits per heavy atom. The molecular weight excluding hydrogens is 168 g/mol. The average Bonchev–Trinajstić information content (AvgIpc) is 2.08. The summed E-state index contributed by atoms with van der Waals surface area (Å²) >= 11 is 0. The van der Waals surface area contributed by atoms with E-state index in [0.717, 1.165) is 0 Å². The number of ether oxygens (including phenoxy) is 3. The second kappa shape index (κ2) is 4.45. The first-order valence-corrected chi connectivity index (χ1v) is 3.11. The fourth-order valence-electron chi connectivity index (χ4n) is 0.562. The van der Waals surface area contributed by atoms with Gasteiger partial charge < -0.3 is 18.6 Å². The molecule has 3 radical (unpaired) electrons. The SMILES string of the molecule is COC(OC)(OC)C(=O)O[Si]. The lowest BCUT2D eigenvalue weighted by Gasteiger charge is -2.24. The van der Waals surface area contributed by atoms with Crippen molar-refractivity contribution in [3.05, 3.63) is 0 Å². The van der Waals surface area contributed by atoms with Crippen molar-refractivity contribution in [3.8, 4) is 0 Å². The van der Waals surface area contributed by atoms with Crippen molar-refractivity contribution in [2.75, 3.05) is 21.3 Å². The minimum Gasteiger partial charge on any atom is -0.510 e. The molecule has 6 heteroatoms. The highest BCUT2D eigenvalue weighted by atomic mass is 28.2. The second-order valence-corrected chi connectivity index (χ2v) is 1.76. The monoisotopic (exact) mass is 177 g/mol. The molecule has 0 saturated carbocycles. The Morgan fingerprint density at radius 2 is 1.55 bits per heavy atom. The molecular formula is C5H9O5Si. The van der Waals surface area contributed by atoms with Gasteiger partial charge >= 0.3 is 22.4 Å². The zero-order valence-corrected chi connectivity index (χ0v) is 7.54. The van der Waals surface area contributed by atoms with E-state index in [1.54, 1.807) is 0 Å². The standard InChI is InChI=1S/C5H9O5Si/c1-7-5(8-2,9-3)4(6)10-11/h1-3H3. The summed E-state index contributed by atoms with van der Waals surface area (Å²) < 4.78 is 18.1. The summed E-state index contributed by atoms with van der Waals surface area (Å²) in [6, 6.07) is 0. The lowest BCUT2D eigenvalue weighted by Crippen LogP contribution is -2.45. The number of methoxy groups -OCH3 is 3. The highest BCUT2D eigenvalue weighted by Crippen LogP contribution is 2.12. The molecule has 63 valence electrons.